The summed E-state index contributed by atoms with van der Waals surface area (Å²) in [5.41, 5.74) is 8.46. The van der Waals surface area contributed by atoms with Crippen LogP contribution < -0.4 is 20.9 Å². The first-order valence-electron chi connectivity index (χ1n) is 11.3. The van der Waals surface area contributed by atoms with E-state index in [1.165, 1.54) is 17.0 Å². The number of nitrogens with two attached hydrogens (primary N) is 1. The minimum absolute atomic E-state index is 0.0407. The van der Waals surface area contributed by atoms with Gasteiger partial charge in [0.1, 0.15) is 0 Å². The fraction of sp³-hybridized carbons (Fsp3) is 0.231. The van der Waals surface area contributed by atoms with Crippen molar-refractivity contribution < 1.29 is 18.0 Å². The van der Waals surface area contributed by atoms with E-state index in [1.807, 2.05) is 30.3 Å². The number of rotatable bonds is 6. The maximum atomic E-state index is 13.3. The van der Waals surface area contributed by atoms with E-state index in [1.54, 1.807) is 43.3 Å². The molecule has 0 saturated carbocycles. The van der Waals surface area contributed by atoms with Gasteiger partial charge in [0.15, 0.2) is 9.84 Å². The van der Waals surface area contributed by atoms with Gasteiger partial charge >= 0.3 is 0 Å². The number of sulfone groups is 1. The van der Waals surface area contributed by atoms with Crippen LogP contribution >= 0.6 is 11.6 Å². The Labute approximate surface area is 215 Å². The molecule has 1 aliphatic heterocycles. The molecule has 188 valence electrons. The zero-order valence-electron chi connectivity index (χ0n) is 19.9. The Bertz CT molecular complexity index is 1390. The van der Waals surface area contributed by atoms with Gasteiger partial charge in [-0.1, -0.05) is 54.1 Å². The van der Waals surface area contributed by atoms with Gasteiger partial charge in [0, 0.05) is 25.7 Å². The smallest absolute Gasteiger partial charge is 0.253 e. The number of hydrogen-bond acceptors (Lipinski definition) is 6. The van der Waals surface area contributed by atoms with E-state index in [2.05, 4.69) is 5.32 Å². The molecule has 1 heterocycles. The van der Waals surface area contributed by atoms with Crippen molar-refractivity contribution in [3.8, 4) is 0 Å². The van der Waals surface area contributed by atoms with E-state index in [9.17, 15) is 18.0 Å². The number of anilines is 2. The van der Waals surface area contributed by atoms with Crippen LogP contribution in [0.3, 0.4) is 0 Å². The summed E-state index contributed by atoms with van der Waals surface area (Å²) in [5, 5.41) is 3.42. The van der Waals surface area contributed by atoms with Crippen molar-refractivity contribution in [2.45, 2.75) is 24.0 Å². The first kappa shape index (κ1) is 25.7. The molecule has 0 unspecified atom stereocenters. The molecule has 0 fully saturated rings. The summed E-state index contributed by atoms with van der Waals surface area (Å²) in [7, 11) is -0.466. The number of nitrogens with zero attached hydrogens (tertiary/aromatic N) is 2. The summed E-state index contributed by atoms with van der Waals surface area (Å²) in [6.07, 6.45) is 0. The SMILES string of the molecule is CN(C)c1cc2c(cc1C(=O)NCc1ccccc1)N(Cc1ccc(Cl)cc1)C(=O)[C@@H](N)CS2(=O)=O. The number of benzene rings is 3. The lowest BCUT2D eigenvalue weighted by molar-refractivity contribution is -0.119. The molecule has 0 spiro atoms. The third-order valence-corrected chi connectivity index (χ3v) is 8.01. The molecule has 0 bridgehead atoms. The lowest BCUT2D eigenvalue weighted by atomic mass is 10.1. The predicted octanol–water partition coefficient (Wildman–Crippen LogP) is 2.98. The Morgan fingerprint density at radius 1 is 1.08 bits per heavy atom. The van der Waals surface area contributed by atoms with Gasteiger partial charge in [-0.25, -0.2) is 8.42 Å². The largest absolute Gasteiger partial charge is 0.377 e. The summed E-state index contributed by atoms with van der Waals surface area (Å²) in [6, 6.07) is 18.0. The molecule has 10 heteroatoms. The van der Waals surface area contributed by atoms with E-state index in [0.29, 0.717) is 17.3 Å². The second kappa shape index (κ2) is 10.3. The Morgan fingerprint density at radius 3 is 2.39 bits per heavy atom. The number of fused-ring (bicyclic) bond motifs is 1. The van der Waals surface area contributed by atoms with Crippen LogP contribution in [0.1, 0.15) is 21.5 Å². The maximum Gasteiger partial charge on any atom is 0.253 e. The maximum absolute atomic E-state index is 13.3. The molecular formula is C26H27ClN4O4S. The van der Waals surface area contributed by atoms with E-state index >= 15 is 0 Å². The predicted molar refractivity (Wildman–Crippen MR) is 141 cm³/mol. The minimum Gasteiger partial charge on any atom is -0.377 e. The lowest BCUT2D eigenvalue weighted by Gasteiger charge is -2.26. The molecule has 1 aliphatic rings. The van der Waals surface area contributed by atoms with Crippen LogP contribution in [0.25, 0.3) is 0 Å². The highest BCUT2D eigenvalue weighted by molar-refractivity contribution is 7.91. The molecule has 0 saturated heterocycles. The molecule has 2 amide bonds. The quantitative estimate of drug-likeness (QED) is 0.510. The number of hydrogen-bond donors (Lipinski definition) is 2. The summed E-state index contributed by atoms with van der Waals surface area (Å²) in [4.78, 5) is 29.5. The minimum atomic E-state index is -3.91. The van der Waals surface area contributed by atoms with Crippen molar-refractivity contribution in [2.24, 2.45) is 5.73 Å². The zero-order valence-corrected chi connectivity index (χ0v) is 21.5. The Hall–Kier alpha value is -3.40. The normalized spacial score (nSPS) is 16.7. The van der Waals surface area contributed by atoms with Crippen LogP contribution in [0.4, 0.5) is 11.4 Å². The number of carbonyl (C=O) groups excluding carboxylic acids is 2. The van der Waals surface area contributed by atoms with E-state index in [0.717, 1.165) is 11.1 Å². The van der Waals surface area contributed by atoms with Gasteiger partial charge in [-0.2, -0.15) is 0 Å². The first-order valence-corrected chi connectivity index (χ1v) is 13.3. The molecule has 3 aromatic rings. The molecular weight excluding hydrogens is 500 g/mol. The summed E-state index contributed by atoms with van der Waals surface area (Å²) >= 11 is 6.00. The van der Waals surface area contributed by atoms with Crippen LogP contribution in [0, 0.1) is 0 Å². The van der Waals surface area contributed by atoms with E-state index in [-0.39, 0.29) is 22.7 Å². The van der Waals surface area contributed by atoms with Crippen LogP contribution in [-0.2, 0) is 27.7 Å². The summed E-state index contributed by atoms with van der Waals surface area (Å²) in [5.74, 6) is -1.46. The zero-order chi connectivity index (χ0) is 26.0. The number of carbonyl (C=O) groups is 2. The number of nitrogens with one attached hydrogen (secondary N) is 1. The van der Waals surface area contributed by atoms with Gasteiger partial charge in [-0.15, -0.1) is 0 Å². The first-order chi connectivity index (χ1) is 17.1. The molecule has 0 aromatic heterocycles. The third-order valence-electron chi connectivity index (χ3n) is 5.96. The summed E-state index contributed by atoms with van der Waals surface area (Å²) in [6.45, 7) is 0.360. The van der Waals surface area contributed by atoms with Crippen molar-refractivity contribution in [3.63, 3.8) is 0 Å². The topological polar surface area (TPSA) is 113 Å². The number of amides is 2. The van der Waals surface area contributed by atoms with Crippen molar-refractivity contribution >= 4 is 44.6 Å². The van der Waals surface area contributed by atoms with Crippen molar-refractivity contribution in [3.05, 3.63) is 88.4 Å². The van der Waals surface area contributed by atoms with Crippen LogP contribution in [0.2, 0.25) is 5.02 Å². The summed E-state index contributed by atoms with van der Waals surface area (Å²) < 4.78 is 26.5. The molecule has 0 aliphatic carbocycles. The molecule has 3 aromatic carbocycles. The van der Waals surface area contributed by atoms with Gasteiger partial charge in [-0.3, -0.25) is 9.59 Å². The second-order valence-electron chi connectivity index (χ2n) is 8.84. The molecule has 0 radical (unpaired) electrons. The highest BCUT2D eigenvalue weighted by Crippen LogP contribution is 2.37. The van der Waals surface area contributed by atoms with E-state index in [4.69, 9.17) is 17.3 Å². The van der Waals surface area contributed by atoms with Crippen LogP contribution in [0.5, 0.6) is 0 Å². The highest BCUT2D eigenvalue weighted by Gasteiger charge is 2.37. The van der Waals surface area contributed by atoms with Gasteiger partial charge in [0.25, 0.3) is 5.91 Å². The van der Waals surface area contributed by atoms with Crippen LogP contribution in [-0.4, -0.2) is 46.1 Å². The average molecular weight is 527 g/mol. The van der Waals surface area contributed by atoms with Crippen molar-refractivity contribution in [1.29, 1.82) is 0 Å². The third kappa shape index (κ3) is 5.38. The Kier molecular flexibility index (Phi) is 7.35. The fourth-order valence-electron chi connectivity index (χ4n) is 4.09. The fourth-order valence-corrected chi connectivity index (χ4v) is 5.79. The molecule has 3 N–H and O–H groups in total. The highest BCUT2D eigenvalue weighted by atomic mass is 35.5. The molecule has 36 heavy (non-hydrogen) atoms. The molecule has 8 nitrogen and oxygen atoms in total. The monoisotopic (exact) mass is 526 g/mol. The second-order valence-corrected chi connectivity index (χ2v) is 11.3. The molecule has 1 atom stereocenters. The number of halogens is 1. The lowest BCUT2D eigenvalue weighted by Crippen LogP contribution is -2.45. The van der Waals surface area contributed by atoms with Crippen LogP contribution in [0.15, 0.2) is 71.6 Å². The standard InChI is InChI=1S/C26H27ClN4O4S/c1-30(2)22-13-24-23(12-20(22)25(32)29-14-17-6-4-3-5-7-17)31(15-18-8-10-19(27)11-9-18)26(33)21(28)16-36(24,34)35/h3-13,21H,14-16,28H2,1-2H3,(H,29,32)/t21-/m0/s1. The Balaban J connectivity index is 1.82. The van der Waals surface area contributed by atoms with Crippen molar-refractivity contribution in [2.75, 3.05) is 29.6 Å². The van der Waals surface area contributed by atoms with Gasteiger partial charge in [-0.05, 0) is 35.4 Å². The Morgan fingerprint density at radius 2 is 1.75 bits per heavy atom. The van der Waals surface area contributed by atoms with Gasteiger partial charge in [0.2, 0.25) is 5.91 Å². The van der Waals surface area contributed by atoms with Gasteiger partial charge < -0.3 is 20.9 Å². The van der Waals surface area contributed by atoms with Gasteiger partial charge in [0.05, 0.1) is 40.2 Å². The van der Waals surface area contributed by atoms with E-state index < -0.39 is 33.4 Å². The average Bonchev–Trinajstić information content (AvgIpc) is 2.92. The van der Waals surface area contributed by atoms with Crippen molar-refractivity contribution in [1.82, 2.24) is 5.32 Å². The molecule has 4 rings (SSSR count).